The largest absolute Gasteiger partial charge is 0.492 e. The van der Waals surface area contributed by atoms with E-state index in [9.17, 15) is 9.59 Å². The molecule has 0 bridgehead atoms. The Morgan fingerprint density at radius 2 is 1.84 bits per heavy atom. The molecule has 0 unspecified atom stereocenters. The first-order valence-corrected chi connectivity index (χ1v) is 10.7. The first-order chi connectivity index (χ1) is 15.0. The number of aromatic nitrogens is 2. The highest BCUT2D eigenvalue weighted by Crippen LogP contribution is 2.28. The van der Waals surface area contributed by atoms with E-state index in [1.54, 1.807) is 24.3 Å². The van der Waals surface area contributed by atoms with Crippen molar-refractivity contribution in [1.29, 1.82) is 0 Å². The molecular formula is C23H22N4O3S. The first kappa shape index (κ1) is 20.6. The Kier molecular flexibility index (Phi) is 5.99. The Bertz CT molecular complexity index is 1210. The second-order valence-electron chi connectivity index (χ2n) is 6.97. The number of nitrogens with zero attached hydrogens (tertiary/aromatic N) is 2. The molecule has 7 nitrogen and oxygen atoms in total. The molecule has 158 valence electrons. The van der Waals surface area contributed by atoms with Crippen LogP contribution in [0.15, 0.2) is 60.8 Å². The molecule has 31 heavy (non-hydrogen) atoms. The number of nitrogens with one attached hydrogen (secondary N) is 2. The number of ether oxygens (including phenoxy) is 1. The molecule has 2 N–H and O–H groups in total. The highest BCUT2D eigenvalue weighted by molar-refractivity contribution is 7.19. The van der Waals surface area contributed by atoms with Crippen LogP contribution in [0.25, 0.3) is 16.2 Å². The van der Waals surface area contributed by atoms with E-state index < -0.39 is 0 Å². The van der Waals surface area contributed by atoms with Crippen molar-refractivity contribution in [3.63, 3.8) is 0 Å². The molecule has 0 saturated heterocycles. The van der Waals surface area contributed by atoms with Crippen molar-refractivity contribution < 1.29 is 14.3 Å². The van der Waals surface area contributed by atoms with Crippen LogP contribution in [-0.4, -0.2) is 34.4 Å². The van der Waals surface area contributed by atoms with Crippen molar-refractivity contribution in [2.45, 2.75) is 13.8 Å². The van der Waals surface area contributed by atoms with Gasteiger partial charge >= 0.3 is 0 Å². The fourth-order valence-electron chi connectivity index (χ4n) is 3.13. The predicted molar refractivity (Wildman–Crippen MR) is 122 cm³/mol. The number of thiazole rings is 1. The Labute approximate surface area is 183 Å². The lowest BCUT2D eigenvalue weighted by Gasteiger charge is -2.08. The maximum atomic E-state index is 12.8. The molecule has 0 fully saturated rings. The van der Waals surface area contributed by atoms with Gasteiger partial charge in [-0.3, -0.25) is 14.0 Å². The molecule has 4 rings (SSSR count). The third-order valence-electron chi connectivity index (χ3n) is 4.69. The number of fused-ring (bicyclic) bond motifs is 1. The Morgan fingerprint density at radius 1 is 1.10 bits per heavy atom. The summed E-state index contributed by atoms with van der Waals surface area (Å²) >= 11 is 1.37. The molecule has 2 aromatic heterocycles. The Balaban J connectivity index is 1.42. The van der Waals surface area contributed by atoms with Gasteiger partial charge in [-0.15, -0.1) is 0 Å². The van der Waals surface area contributed by atoms with E-state index in [0.29, 0.717) is 29.5 Å². The number of benzene rings is 2. The average Bonchev–Trinajstić information content (AvgIpc) is 3.32. The summed E-state index contributed by atoms with van der Waals surface area (Å²) in [7, 11) is 0. The lowest BCUT2D eigenvalue weighted by atomic mass is 10.2. The summed E-state index contributed by atoms with van der Waals surface area (Å²) in [5, 5.41) is 5.59. The van der Waals surface area contributed by atoms with E-state index >= 15 is 0 Å². The molecule has 2 amide bonds. The fraction of sp³-hybridized carbons (Fsp3) is 0.174. The van der Waals surface area contributed by atoms with Crippen LogP contribution in [0.4, 0.5) is 5.69 Å². The zero-order valence-electron chi connectivity index (χ0n) is 17.2. The number of carbonyl (C=O) groups is 2. The van der Waals surface area contributed by atoms with Crippen LogP contribution in [0.3, 0.4) is 0 Å². The molecule has 2 heterocycles. The summed E-state index contributed by atoms with van der Waals surface area (Å²) in [4.78, 5) is 29.7. The highest BCUT2D eigenvalue weighted by Gasteiger charge is 2.18. The van der Waals surface area contributed by atoms with Crippen molar-refractivity contribution in [3.8, 4) is 17.0 Å². The van der Waals surface area contributed by atoms with Crippen LogP contribution in [0.2, 0.25) is 0 Å². The van der Waals surface area contributed by atoms with Gasteiger partial charge in [0.05, 0.1) is 12.2 Å². The highest BCUT2D eigenvalue weighted by atomic mass is 32.1. The number of hydrogen-bond donors (Lipinski definition) is 2. The van der Waals surface area contributed by atoms with Gasteiger partial charge in [0.1, 0.15) is 17.2 Å². The molecule has 0 atom stereocenters. The third-order valence-corrected chi connectivity index (χ3v) is 5.85. The number of anilines is 1. The van der Waals surface area contributed by atoms with Gasteiger partial charge in [-0.2, -0.15) is 0 Å². The lowest BCUT2D eigenvalue weighted by Crippen LogP contribution is -2.25. The minimum absolute atomic E-state index is 0.0887. The SMILES string of the molecule is CC(=O)NCCOc1ccc(NC(=O)c2sc3nc(-c4ccccc4)cn3c2C)cc1. The Morgan fingerprint density at radius 3 is 2.52 bits per heavy atom. The maximum absolute atomic E-state index is 12.8. The van der Waals surface area contributed by atoms with E-state index in [1.165, 1.54) is 18.3 Å². The minimum atomic E-state index is -0.173. The zero-order chi connectivity index (χ0) is 21.8. The zero-order valence-corrected chi connectivity index (χ0v) is 18.0. The monoisotopic (exact) mass is 434 g/mol. The average molecular weight is 435 g/mol. The van der Waals surface area contributed by atoms with Crippen LogP contribution in [0, 0.1) is 6.92 Å². The second-order valence-corrected chi connectivity index (χ2v) is 7.95. The number of amides is 2. The summed E-state index contributed by atoms with van der Waals surface area (Å²) in [5.74, 6) is 0.408. The molecule has 4 aromatic rings. The fourth-order valence-corrected chi connectivity index (χ4v) is 4.13. The van der Waals surface area contributed by atoms with Crippen molar-refractivity contribution in [2.75, 3.05) is 18.5 Å². The first-order valence-electron chi connectivity index (χ1n) is 9.84. The number of hydrogen-bond acceptors (Lipinski definition) is 5. The van der Waals surface area contributed by atoms with E-state index in [1.807, 2.05) is 47.9 Å². The topological polar surface area (TPSA) is 84.7 Å². The lowest BCUT2D eigenvalue weighted by molar-refractivity contribution is -0.119. The molecular weight excluding hydrogens is 412 g/mol. The van der Waals surface area contributed by atoms with Gasteiger partial charge in [-0.05, 0) is 31.2 Å². The van der Waals surface area contributed by atoms with Crippen molar-refractivity contribution >= 4 is 33.8 Å². The van der Waals surface area contributed by atoms with Gasteiger partial charge in [-0.1, -0.05) is 41.7 Å². The van der Waals surface area contributed by atoms with Crippen molar-refractivity contribution in [2.24, 2.45) is 0 Å². The van der Waals surface area contributed by atoms with Gasteiger partial charge < -0.3 is 15.4 Å². The molecule has 0 aliphatic carbocycles. The van der Waals surface area contributed by atoms with Crippen molar-refractivity contribution in [3.05, 3.63) is 71.4 Å². The molecule has 0 aliphatic heterocycles. The predicted octanol–water partition coefficient (Wildman–Crippen LogP) is 4.14. The normalized spacial score (nSPS) is 10.8. The van der Waals surface area contributed by atoms with Gasteiger partial charge in [0.2, 0.25) is 5.91 Å². The van der Waals surface area contributed by atoms with Gasteiger partial charge in [0.25, 0.3) is 5.91 Å². The summed E-state index contributed by atoms with van der Waals surface area (Å²) in [6.07, 6.45) is 1.96. The van der Waals surface area contributed by atoms with Crippen LogP contribution < -0.4 is 15.4 Å². The van der Waals surface area contributed by atoms with Crippen LogP contribution in [0.5, 0.6) is 5.75 Å². The number of carbonyl (C=O) groups excluding carboxylic acids is 2. The van der Waals surface area contributed by atoms with Crippen LogP contribution >= 0.6 is 11.3 Å². The maximum Gasteiger partial charge on any atom is 0.267 e. The second kappa shape index (κ2) is 9.01. The minimum Gasteiger partial charge on any atom is -0.492 e. The molecule has 8 heteroatoms. The molecule has 0 saturated carbocycles. The number of imidazole rings is 1. The summed E-state index contributed by atoms with van der Waals surface area (Å²) in [6, 6.07) is 17.1. The molecule has 0 spiro atoms. The summed E-state index contributed by atoms with van der Waals surface area (Å²) in [5.41, 5.74) is 3.46. The molecule has 0 aliphatic rings. The summed E-state index contributed by atoms with van der Waals surface area (Å²) < 4.78 is 7.51. The van der Waals surface area contributed by atoms with E-state index in [0.717, 1.165) is 21.9 Å². The number of aryl methyl sites for hydroxylation is 1. The molecule has 2 aromatic carbocycles. The number of rotatable bonds is 7. The van der Waals surface area contributed by atoms with E-state index in [-0.39, 0.29) is 11.8 Å². The Hall–Kier alpha value is -3.65. The smallest absolute Gasteiger partial charge is 0.267 e. The van der Waals surface area contributed by atoms with E-state index in [2.05, 4.69) is 15.6 Å². The van der Waals surface area contributed by atoms with E-state index in [4.69, 9.17) is 4.74 Å². The van der Waals surface area contributed by atoms with Gasteiger partial charge in [-0.25, -0.2) is 4.98 Å². The van der Waals surface area contributed by atoms with Gasteiger partial charge in [0.15, 0.2) is 4.96 Å². The van der Waals surface area contributed by atoms with Gasteiger partial charge in [0, 0.05) is 30.1 Å². The van der Waals surface area contributed by atoms with Crippen LogP contribution in [0.1, 0.15) is 22.3 Å². The third kappa shape index (κ3) is 4.75. The molecule has 0 radical (unpaired) electrons. The summed E-state index contributed by atoms with van der Waals surface area (Å²) in [6.45, 7) is 4.21. The van der Waals surface area contributed by atoms with Crippen LogP contribution in [-0.2, 0) is 4.79 Å². The quantitative estimate of drug-likeness (QED) is 0.428. The standard InChI is InChI=1S/C23H22N4O3S/c1-15-21(31-23-26-20(14-27(15)23)17-6-4-3-5-7-17)22(29)25-18-8-10-19(11-9-18)30-13-12-24-16(2)28/h3-11,14H,12-13H2,1-2H3,(H,24,28)(H,25,29). The van der Waals surface area contributed by atoms with Crippen molar-refractivity contribution in [1.82, 2.24) is 14.7 Å².